The monoisotopic (exact) mass is 207 g/mol. The first-order chi connectivity index (χ1) is 6.95. The van der Waals surface area contributed by atoms with Crippen LogP contribution < -0.4 is 5.32 Å². The molecule has 0 aromatic carbocycles. The summed E-state index contributed by atoms with van der Waals surface area (Å²) in [6.45, 7) is 1.88. The zero-order valence-electron chi connectivity index (χ0n) is 7.86. The number of aromatic nitrogens is 2. The van der Waals surface area contributed by atoms with Gasteiger partial charge in [0.15, 0.2) is 0 Å². The minimum absolute atomic E-state index is 0.866. The number of imidazole rings is 1. The number of nitrogens with zero attached hydrogens (tertiary/aromatic N) is 1. The van der Waals surface area contributed by atoms with Crippen LogP contribution in [0, 0.1) is 0 Å². The Morgan fingerprint density at radius 2 is 2.50 bits per heavy atom. The highest BCUT2D eigenvalue weighted by atomic mass is 32.1. The highest BCUT2D eigenvalue weighted by molar-refractivity contribution is 7.09. The maximum absolute atomic E-state index is 3.96. The van der Waals surface area contributed by atoms with Gasteiger partial charge >= 0.3 is 0 Å². The summed E-state index contributed by atoms with van der Waals surface area (Å²) in [6, 6.07) is 4.26. The van der Waals surface area contributed by atoms with Crippen molar-refractivity contribution in [2.75, 3.05) is 6.54 Å². The van der Waals surface area contributed by atoms with Gasteiger partial charge in [-0.2, -0.15) is 0 Å². The molecule has 0 aliphatic rings. The normalized spacial score (nSPS) is 10.6. The zero-order valence-corrected chi connectivity index (χ0v) is 8.68. The molecule has 2 rings (SSSR count). The first-order valence-electron chi connectivity index (χ1n) is 4.65. The molecule has 4 heteroatoms. The van der Waals surface area contributed by atoms with Crippen LogP contribution in [0.1, 0.15) is 10.6 Å². The fourth-order valence-electron chi connectivity index (χ4n) is 1.27. The summed E-state index contributed by atoms with van der Waals surface area (Å²) in [5.41, 5.74) is 1.14. The smallest absolute Gasteiger partial charge is 0.0922 e. The van der Waals surface area contributed by atoms with Crippen LogP contribution >= 0.6 is 11.3 Å². The molecule has 0 radical (unpaired) electrons. The first kappa shape index (κ1) is 9.43. The SMILES string of the molecule is c1csc(CCNCc2cnc[nH]2)c1. The predicted octanol–water partition coefficient (Wildman–Crippen LogP) is 1.80. The minimum Gasteiger partial charge on any atom is -0.347 e. The highest BCUT2D eigenvalue weighted by Gasteiger charge is 1.94. The summed E-state index contributed by atoms with van der Waals surface area (Å²) in [6.07, 6.45) is 4.65. The van der Waals surface area contributed by atoms with Crippen molar-refractivity contribution in [1.82, 2.24) is 15.3 Å². The van der Waals surface area contributed by atoms with Gasteiger partial charge in [-0.05, 0) is 17.9 Å². The van der Waals surface area contributed by atoms with E-state index in [-0.39, 0.29) is 0 Å². The quantitative estimate of drug-likeness (QED) is 0.734. The van der Waals surface area contributed by atoms with Crippen molar-refractivity contribution in [3.8, 4) is 0 Å². The van der Waals surface area contributed by atoms with Crippen LogP contribution in [0.3, 0.4) is 0 Å². The standard InChI is InChI=1S/C10H13N3S/c1-2-10(14-5-1)3-4-11-6-9-7-12-8-13-9/h1-2,5,7-8,11H,3-4,6H2,(H,12,13). The molecule has 14 heavy (non-hydrogen) atoms. The lowest BCUT2D eigenvalue weighted by molar-refractivity contribution is 0.680. The van der Waals surface area contributed by atoms with Crippen LogP contribution in [0.4, 0.5) is 0 Å². The first-order valence-corrected chi connectivity index (χ1v) is 5.53. The fourth-order valence-corrected chi connectivity index (χ4v) is 1.98. The molecule has 74 valence electrons. The van der Waals surface area contributed by atoms with Gasteiger partial charge < -0.3 is 10.3 Å². The van der Waals surface area contributed by atoms with E-state index in [1.807, 2.05) is 17.5 Å². The molecule has 0 saturated carbocycles. The van der Waals surface area contributed by atoms with Crippen molar-refractivity contribution in [3.05, 3.63) is 40.6 Å². The zero-order chi connectivity index (χ0) is 9.64. The highest BCUT2D eigenvalue weighted by Crippen LogP contribution is 2.08. The molecule has 3 nitrogen and oxygen atoms in total. The van der Waals surface area contributed by atoms with Gasteiger partial charge in [0.1, 0.15) is 0 Å². The van der Waals surface area contributed by atoms with Gasteiger partial charge in [0.05, 0.1) is 6.33 Å². The van der Waals surface area contributed by atoms with Crippen LogP contribution in [-0.2, 0) is 13.0 Å². The Hall–Kier alpha value is -1.13. The lowest BCUT2D eigenvalue weighted by Gasteiger charge is -2.00. The molecule has 0 fully saturated rings. The molecule has 2 N–H and O–H groups in total. The summed E-state index contributed by atoms with van der Waals surface area (Å²) in [4.78, 5) is 8.45. The topological polar surface area (TPSA) is 40.7 Å². The van der Waals surface area contributed by atoms with Crippen LogP contribution in [0.2, 0.25) is 0 Å². The maximum atomic E-state index is 3.96. The van der Waals surface area contributed by atoms with Crippen molar-refractivity contribution >= 4 is 11.3 Å². The van der Waals surface area contributed by atoms with Crippen molar-refractivity contribution in [3.63, 3.8) is 0 Å². The lowest BCUT2D eigenvalue weighted by Crippen LogP contribution is -2.16. The molecule has 0 bridgehead atoms. The van der Waals surface area contributed by atoms with E-state index in [2.05, 4.69) is 32.8 Å². The molecule has 2 aromatic rings. The van der Waals surface area contributed by atoms with Gasteiger partial charge in [-0.1, -0.05) is 6.07 Å². The van der Waals surface area contributed by atoms with E-state index in [1.165, 1.54) is 4.88 Å². The molecule has 0 saturated heterocycles. The summed E-state index contributed by atoms with van der Waals surface area (Å²) >= 11 is 1.81. The molecule has 0 atom stereocenters. The second-order valence-electron chi connectivity index (χ2n) is 3.08. The van der Waals surface area contributed by atoms with Crippen LogP contribution in [0.5, 0.6) is 0 Å². The summed E-state index contributed by atoms with van der Waals surface area (Å²) in [7, 11) is 0. The van der Waals surface area contributed by atoms with E-state index in [0.29, 0.717) is 0 Å². The number of H-pyrrole nitrogens is 1. The number of thiophene rings is 1. The van der Waals surface area contributed by atoms with Crippen molar-refractivity contribution in [2.45, 2.75) is 13.0 Å². The average molecular weight is 207 g/mol. The maximum Gasteiger partial charge on any atom is 0.0922 e. The Labute approximate surface area is 87.2 Å². The van der Waals surface area contributed by atoms with Crippen molar-refractivity contribution in [2.24, 2.45) is 0 Å². The molecule has 0 amide bonds. The van der Waals surface area contributed by atoms with E-state index in [4.69, 9.17) is 0 Å². The average Bonchev–Trinajstić information content (AvgIpc) is 2.86. The van der Waals surface area contributed by atoms with Crippen LogP contribution in [0.25, 0.3) is 0 Å². The van der Waals surface area contributed by atoms with E-state index >= 15 is 0 Å². The molecule has 2 aromatic heterocycles. The van der Waals surface area contributed by atoms with E-state index < -0.39 is 0 Å². The predicted molar refractivity (Wildman–Crippen MR) is 58.3 cm³/mol. The molecule has 0 unspecified atom stereocenters. The second-order valence-corrected chi connectivity index (χ2v) is 4.12. The third-order valence-electron chi connectivity index (χ3n) is 2.00. The van der Waals surface area contributed by atoms with E-state index in [1.54, 1.807) is 6.33 Å². The molecular formula is C10H13N3S. The summed E-state index contributed by atoms with van der Waals surface area (Å²) < 4.78 is 0. The minimum atomic E-state index is 0.866. The molecular weight excluding hydrogens is 194 g/mol. The van der Waals surface area contributed by atoms with Gasteiger partial charge in [0.2, 0.25) is 0 Å². The molecule has 0 aliphatic carbocycles. The Morgan fingerprint density at radius 3 is 3.21 bits per heavy atom. The summed E-state index contributed by atoms with van der Waals surface area (Å²) in [5.74, 6) is 0. The second kappa shape index (κ2) is 4.93. The number of nitrogens with one attached hydrogen (secondary N) is 2. The van der Waals surface area contributed by atoms with E-state index in [9.17, 15) is 0 Å². The molecule has 0 aliphatic heterocycles. The van der Waals surface area contributed by atoms with Gasteiger partial charge in [-0.15, -0.1) is 11.3 Å². The van der Waals surface area contributed by atoms with E-state index in [0.717, 1.165) is 25.2 Å². The molecule has 0 spiro atoms. The van der Waals surface area contributed by atoms with Gasteiger partial charge in [0.25, 0.3) is 0 Å². The Balaban J connectivity index is 1.65. The number of hydrogen-bond donors (Lipinski definition) is 2. The van der Waals surface area contributed by atoms with Crippen LogP contribution in [-0.4, -0.2) is 16.5 Å². The van der Waals surface area contributed by atoms with Crippen molar-refractivity contribution < 1.29 is 0 Å². The Morgan fingerprint density at radius 1 is 1.50 bits per heavy atom. The van der Waals surface area contributed by atoms with Gasteiger partial charge in [0, 0.05) is 29.9 Å². The largest absolute Gasteiger partial charge is 0.347 e. The lowest BCUT2D eigenvalue weighted by atomic mass is 10.3. The third kappa shape index (κ3) is 2.68. The number of aromatic amines is 1. The third-order valence-corrected chi connectivity index (χ3v) is 2.93. The Kier molecular flexibility index (Phi) is 3.32. The fraction of sp³-hybridized carbons (Fsp3) is 0.300. The molecule has 2 heterocycles. The Bertz CT molecular complexity index is 303. The number of hydrogen-bond acceptors (Lipinski definition) is 3. The van der Waals surface area contributed by atoms with Crippen LogP contribution in [0.15, 0.2) is 30.0 Å². The van der Waals surface area contributed by atoms with Gasteiger partial charge in [-0.25, -0.2) is 4.98 Å². The van der Waals surface area contributed by atoms with Crippen molar-refractivity contribution in [1.29, 1.82) is 0 Å². The summed E-state index contributed by atoms with van der Waals surface area (Å²) in [5, 5.41) is 5.48. The number of rotatable bonds is 5. The van der Waals surface area contributed by atoms with Gasteiger partial charge in [-0.3, -0.25) is 0 Å².